The molecule has 6 nitrogen and oxygen atoms in total. The lowest BCUT2D eigenvalue weighted by Gasteiger charge is -2.37. The van der Waals surface area contributed by atoms with E-state index in [2.05, 4.69) is 24.1 Å². The number of rotatable bonds is 5. The van der Waals surface area contributed by atoms with Crippen molar-refractivity contribution >= 4 is 5.97 Å². The van der Waals surface area contributed by atoms with Crippen LogP contribution in [-0.4, -0.2) is 49.8 Å². The Morgan fingerprint density at radius 2 is 2.09 bits per heavy atom. The molecule has 2 aromatic carbocycles. The van der Waals surface area contributed by atoms with Gasteiger partial charge in [0.25, 0.3) is 0 Å². The van der Waals surface area contributed by atoms with Gasteiger partial charge in [-0.1, -0.05) is 42.5 Å². The molecule has 2 aromatic rings. The second-order valence-electron chi connectivity index (χ2n) is 9.13. The Morgan fingerprint density at radius 1 is 1.28 bits per heavy atom. The van der Waals surface area contributed by atoms with Gasteiger partial charge in [0.15, 0.2) is 11.5 Å². The first kappa shape index (κ1) is 21.0. The molecule has 0 radical (unpaired) electrons. The molecule has 32 heavy (non-hydrogen) atoms. The van der Waals surface area contributed by atoms with E-state index in [0.29, 0.717) is 12.8 Å². The minimum Gasteiger partial charge on any atom is -0.493 e. The number of benzene rings is 2. The van der Waals surface area contributed by atoms with E-state index in [1.165, 1.54) is 11.1 Å². The minimum absolute atomic E-state index is 0.104. The van der Waals surface area contributed by atoms with Crippen molar-refractivity contribution in [2.24, 2.45) is 5.73 Å². The maximum absolute atomic E-state index is 12.7. The molecular weight excluding hydrogens is 404 g/mol. The van der Waals surface area contributed by atoms with Crippen LogP contribution >= 0.6 is 0 Å². The summed E-state index contributed by atoms with van der Waals surface area (Å²) in [5.41, 5.74) is 9.44. The lowest BCUT2D eigenvalue weighted by atomic mass is 9.69. The van der Waals surface area contributed by atoms with E-state index in [0.717, 1.165) is 36.6 Å². The summed E-state index contributed by atoms with van der Waals surface area (Å²) in [6, 6.07) is 13.2. The summed E-state index contributed by atoms with van der Waals surface area (Å²) in [5.74, 6) is 1.21. The largest absolute Gasteiger partial charge is 0.493 e. The van der Waals surface area contributed by atoms with Crippen LogP contribution in [0.3, 0.4) is 0 Å². The van der Waals surface area contributed by atoms with Crippen molar-refractivity contribution < 1.29 is 19.0 Å². The zero-order chi connectivity index (χ0) is 22.3. The van der Waals surface area contributed by atoms with E-state index in [4.69, 9.17) is 19.9 Å². The Labute approximate surface area is 188 Å². The Morgan fingerprint density at radius 3 is 2.88 bits per heavy atom. The number of nitrogens with zero attached hydrogens (tertiary/aromatic N) is 1. The van der Waals surface area contributed by atoms with Gasteiger partial charge in [-0.3, -0.25) is 4.79 Å². The Kier molecular flexibility index (Phi) is 5.43. The van der Waals surface area contributed by atoms with E-state index < -0.39 is 6.04 Å². The zero-order valence-electron chi connectivity index (χ0n) is 18.6. The predicted octanol–water partition coefficient (Wildman–Crippen LogP) is 2.97. The van der Waals surface area contributed by atoms with Gasteiger partial charge < -0.3 is 24.8 Å². The van der Waals surface area contributed by atoms with Gasteiger partial charge in [-0.2, -0.15) is 0 Å². The molecule has 6 heteroatoms. The van der Waals surface area contributed by atoms with Crippen LogP contribution in [-0.2, 0) is 27.9 Å². The van der Waals surface area contributed by atoms with Crippen LogP contribution in [0, 0.1) is 0 Å². The Bertz CT molecular complexity index is 1040. The molecule has 0 aromatic heterocycles. The number of esters is 1. The molecule has 1 aliphatic carbocycles. The number of carbonyl (C=O) groups is 1. The summed E-state index contributed by atoms with van der Waals surface area (Å²) >= 11 is 0. The maximum Gasteiger partial charge on any atom is 0.323 e. The third-order valence-electron chi connectivity index (χ3n) is 7.00. The van der Waals surface area contributed by atoms with Crippen LogP contribution < -0.4 is 15.2 Å². The van der Waals surface area contributed by atoms with Crippen molar-refractivity contribution in [3.8, 4) is 11.5 Å². The topological polar surface area (TPSA) is 74.0 Å². The highest BCUT2D eigenvalue weighted by atomic mass is 16.6. The normalized spacial score (nSPS) is 27.0. The molecule has 0 fully saturated rings. The second-order valence-corrected chi connectivity index (χ2v) is 9.13. The van der Waals surface area contributed by atoms with Crippen molar-refractivity contribution in [2.45, 2.75) is 49.5 Å². The van der Waals surface area contributed by atoms with Crippen molar-refractivity contribution in [2.75, 3.05) is 20.7 Å². The summed E-state index contributed by atoms with van der Waals surface area (Å²) in [6.45, 7) is 1.85. The van der Waals surface area contributed by atoms with Crippen LogP contribution in [0.1, 0.15) is 29.5 Å². The minimum atomic E-state index is -0.693. The first-order valence-electron chi connectivity index (χ1n) is 11.2. The molecule has 2 heterocycles. The summed E-state index contributed by atoms with van der Waals surface area (Å²) < 4.78 is 17.9. The first-order valence-corrected chi connectivity index (χ1v) is 11.2. The fourth-order valence-electron chi connectivity index (χ4n) is 5.34. The summed E-state index contributed by atoms with van der Waals surface area (Å²) in [6.07, 6.45) is 5.77. The van der Waals surface area contributed by atoms with E-state index in [9.17, 15) is 4.79 Å². The molecule has 0 bridgehead atoms. The average molecular weight is 435 g/mol. The van der Waals surface area contributed by atoms with Crippen LogP contribution in [0.2, 0.25) is 0 Å². The predicted molar refractivity (Wildman–Crippen MR) is 122 cm³/mol. The van der Waals surface area contributed by atoms with Crippen LogP contribution in [0.15, 0.2) is 54.6 Å². The van der Waals surface area contributed by atoms with Gasteiger partial charge in [0.2, 0.25) is 0 Å². The molecule has 4 atom stereocenters. The highest BCUT2D eigenvalue weighted by Crippen LogP contribution is 2.55. The van der Waals surface area contributed by atoms with Crippen molar-refractivity contribution in [3.63, 3.8) is 0 Å². The van der Waals surface area contributed by atoms with Crippen molar-refractivity contribution in [1.82, 2.24) is 4.90 Å². The van der Waals surface area contributed by atoms with Crippen LogP contribution in [0.25, 0.3) is 0 Å². The Hall–Kier alpha value is -2.83. The van der Waals surface area contributed by atoms with Crippen molar-refractivity contribution in [3.05, 3.63) is 71.3 Å². The smallest absolute Gasteiger partial charge is 0.323 e. The number of carbonyl (C=O) groups excluding carboxylic acids is 1. The van der Waals surface area contributed by atoms with Gasteiger partial charge in [-0.25, -0.2) is 0 Å². The SMILES string of the molecule is COc1ccc2c3c1O[C@H]1C[C@H](OC(=O)[C@@H](N)Cc4ccccc4)C=C[C@@]31CCN(C)C2. The van der Waals surface area contributed by atoms with Gasteiger partial charge in [0.05, 0.1) is 12.5 Å². The van der Waals surface area contributed by atoms with E-state index in [-0.39, 0.29) is 23.6 Å². The fourth-order valence-corrected chi connectivity index (χ4v) is 5.34. The van der Waals surface area contributed by atoms with E-state index >= 15 is 0 Å². The maximum atomic E-state index is 12.7. The number of methoxy groups -OCH3 is 1. The highest BCUT2D eigenvalue weighted by Gasteiger charge is 2.53. The molecule has 5 rings (SSSR count). The average Bonchev–Trinajstić information content (AvgIpc) is 3.05. The molecule has 0 amide bonds. The monoisotopic (exact) mass is 434 g/mol. The second kappa shape index (κ2) is 8.26. The van der Waals surface area contributed by atoms with E-state index in [1.807, 2.05) is 42.5 Å². The third-order valence-corrected chi connectivity index (χ3v) is 7.00. The molecule has 1 spiro atoms. The summed E-state index contributed by atoms with van der Waals surface area (Å²) in [5, 5.41) is 0. The highest BCUT2D eigenvalue weighted by molar-refractivity contribution is 5.76. The van der Waals surface area contributed by atoms with Crippen molar-refractivity contribution in [1.29, 1.82) is 0 Å². The number of hydrogen-bond acceptors (Lipinski definition) is 6. The standard InChI is InChI=1S/C26H30N2O4/c1-28-13-12-26-11-10-19(31-25(29)20(27)14-17-6-4-3-5-7-17)15-22(26)32-24-21(30-2)9-8-18(16-28)23(24)26/h3-11,19-20,22H,12-16,27H2,1-2H3/t19-,20+,22+,26+/m1/s1. The molecule has 0 saturated carbocycles. The Balaban J connectivity index is 1.37. The molecule has 168 valence electrons. The molecule has 0 unspecified atom stereocenters. The summed E-state index contributed by atoms with van der Waals surface area (Å²) in [7, 11) is 3.82. The summed E-state index contributed by atoms with van der Waals surface area (Å²) in [4.78, 5) is 15.0. The van der Waals surface area contributed by atoms with Gasteiger partial charge in [0.1, 0.15) is 18.2 Å². The van der Waals surface area contributed by atoms with Crippen LogP contribution in [0.5, 0.6) is 11.5 Å². The number of hydrogen-bond donors (Lipinski definition) is 1. The quantitative estimate of drug-likeness (QED) is 0.576. The lowest BCUT2D eigenvalue weighted by molar-refractivity contribution is -0.150. The fraction of sp³-hybridized carbons (Fsp3) is 0.423. The van der Waals surface area contributed by atoms with E-state index in [1.54, 1.807) is 7.11 Å². The number of ether oxygens (including phenoxy) is 3. The van der Waals surface area contributed by atoms with Gasteiger partial charge >= 0.3 is 5.97 Å². The number of nitrogens with two attached hydrogens (primary N) is 1. The molecule has 0 saturated heterocycles. The van der Waals surface area contributed by atoms with Crippen LogP contribution in [0.4, 0.5) is 0 Å². The molecule has 3 aliphatic rings. The zero-order valence-corrected chi connectivity index (χ0v) is 18.6. The third kappa shape index (κ3) is 3.57. The first-order chi connectivity index (χ1) is 15.5. The molecule has 2 aliphatic heterocycles. The van der Waals surface area contributed by atoms with Gasteiger partial charge in [0, 0.05) is 18.5 Å². The van der Waals surface area contributed by atoms with Gasteiger partial charge in [-0.05, 0) is 49.7 Å². The van der Waals surface area contributed by atoms with Gasteiger partial charge in [-0.15, -0.1) is 0 Å². The molecule has 2 N–H and O–H groups in total. The molecular formula is C26H30N2O4. The lowest BCUT2D eigenvalue weighted by Crippen LogP contribution is -2.45.